The van der Waals surface area contributed by atoms with Crippen LogP contribution in [-0.2, 0) is 0 Å². The fraction of sp³-hybridized carbons (Fsp3) is 0.150. The molecular formula is C40H36N4Si. The van der Waals surface area contributed by atoms with Crippen LogP contribution in [-0.4, -0.2) is 28.0 Å². The molecule has 0 amide bonds. The highest BCUT2D eigenvalue weighted by Gasteiger charge is 2.16. The van der Waals surface area contributed by atoms with Crippen LogP contribution in [0, 0.1) is 32.2 Å². The highest BCUT2D eigenvalue weighted by atomic mass is 28.3. The van der Waals surface area contributed by atoms with E-state index in [0.717, 1.165) is 67.1 Å². The van der Waals surface area contributed by atoms with Gasteiger partial charge in [-0.25, -0.2) is 9.97 Å². The van der Waals surface area contributed by atoms with E-state index in [0.29, 0.717) is 0 Å². The summed E-state index contributed by atoms with van der Waals surface area (Å²) in [5, 5.41) is 0. The van der Waals surface area contributed by atoms with Crippen LogP contribution in [0.1, 0.15) is 45.0 Å². The average Bonchev–Trinajstić information content (AvgIpc) is 3.80. The lowest BCUT2D eigenvalue weighted by atomic mass is 9.92. The van der Waals surface area contributed by atoms with Gasteiger partial charge in [0.2, 0.25) is 0 Å². The van der Waals surface area contributed by atoms with Crippen LogP contribution in [0.5, 0.6) is 0 Å². The molecule has 0 radical (unpaired) electrons. The zero-order valence-corrected chi connectivity index (χ0v) is 27.6. The number of fused-ring (bicyclic) bond motifs is 8. The smallest absolute Gasteiger partial charge is 0.129 e. The Balaban J connectivity index is 1.48. The summed E-state index contributed by atoms with van der Waals surface area (Å²) in [5.74, 6) is 3.38. The number of aromatic amines is 2. The van der Waals surface area contributed by atoms with Gasteiger partial charge in [-0.1, -0.05) is 55.4 Å². The van der Waals surface area contributed by atoms with E-state index < -0.39 is 8.07 Å². The van der Waals surface area contributed by atoms with Crippen LogP contribution >= 0.6 is 0 Å². The van der Waals surface area contributed by atoms with Crippen molar-refractivity contribution in [3.05, 3.63) is 118 Å². The summed E-state index contributed by atoms with van der Waals surface area (Å²) in [6.45, 7) is 13.3. The largest absolute Gasteiger partial charge is 0.355 e. The number of aryl methyl sites for hydroxylation is 3. The summed E-state index contributed by atoms with van der Waals surface area (Å²) in [5.41, 5.74) is 20.4. The maximum absolute atomic E-state index is 5.13. The quantitative estimate of drug-likeness (QED) is 0.153. The molecule has 3 aromatic heterocycles. The normalized spacial score (nSPS) is 12.3. The van der Waals surface area contributed by atoms with Gasteiger partial charge >= 0.3 is 0 Å². The lowest BCUT2D eigenvalue weighted by Gasteiger charge is -2.13. The van der Waals surface area contributed by atoms with E-state index in [1.807, 2.05) is 0 Å². The predicted octanol–water partition coefficient (Wildman–Crippen LogP) is 10.1. The topological polar surface area (TPSA) is 57.4 Å². The summed E-state index contributed by atoms with van der Waals surface area (Å²) in [6.07, 6.45) is 8.41. The summed E-state index contributed by atoms with van der Waals surface area (Å²) < 4.78 is 0. The van der Waals surface area contributed by atoms with E-state index in [9.17, 15) is 0 Å². The molecule has 0 atom stereocenters. The second-order valence-corrected chi connectivity index (χ2v) is 17.8. The minimum atomic E-state index is -1.46. The molecule has 2 N–H and O–H groups in total. The van der Waals surface area contributed by atoms with E-state index in [-0.39, 0.29) is 0 Å². The Labute approximate surface area is 265 Å². The van der Waals surface area contributed by atoms with Gasteiger partial charge in [-0.05, 0) is 116 Å². The molecule has 7 rings (SSSR count). The maximum Gasteiger partial charge on any atom is 0.129 e. The van der Waals surface area contributed by atoms with Gasteiger partial charge in [0.25, 0.3) is 0 Å². The van der Waals surface area contributed by atoms with Gasteiger partial charge in [-0.3, -0.25) is 0 Å². The van der Waals surface area contributed by atoms with Crippen molar-refractivity contribution in [2.75, 3.05) is 0 Å². The van der Waals surface area contributed by atoms with E-state index in [1.165, 1.54) is 22.3 Å². The van der Waals surface area contributed by atoms with E-state index in [1.54, 1.807) is 0 Å². The van der Waals surface area contributed by atoms with Crippen molar-refractivity contribution >= 4 is 54.4 Å². The number of rotatable bonds is 2. The van der Waals surface area contributed by atoms with Crippen LogP contribution in [0.3, 0.4) is 0 Å². The minimum absolute atomic E-state index is 0.900. The van der Waals surface area contributed by atoms with Crippen molar-refractivity contribution in [3.63, 3.8) is 0 Å². The third-order valence-corrected chi connectivity index (χ3v) is 8.96. The number of aromatic nitrogens is 4. The molecule has 220 valence electrons. The van der Waals surface area contributed by atoms with Gasteiger partial charge in [-0.2, -0.15) is 0 Å². The van der Waals surface area contributed by atoms with Crippen LogP contribution in [0.2, 0.25) is 19.6 Å². The van der Waals surface area contributed by atoms with Gasteiger partial charge in [0.05, 0.1) is 22.8 Å². The maximum atomic E-state index is 5.13. The zero-order chi connectivity index (χ0) is 31.3. The Morgan fingerprint density at radius 1 is 0.578 bits per heavy atom. The molecule has 0 fully saturated rings. The predicted molar refractivity (Wildman–Crippen MR) is 194 cm³/mol. The molecule has 5 heterocycles. The van der Waals surface area contributed by atoms with Gasteiger partial charge < -0.3 is 9.97 Å². The number of hydrogen-bond acceptors (Lipinski definition) is 2. The van der Waals surface area contributed by atoms with Gasteiger partial charge in [0, 0.05) is 38.8 Å². The fourth-order valence-corrected chi connectivity index (χ4v) is 6.71. The van der Waals surface area contributed by atoms with Gasteiger partial charge in [0.1, 0.15) is 8.07 Å². The van der Waals surface area contributed by atoms with Crippen molar-refractivity contribution < 1.29 is 0 Å². The number of nitrogens with one attached hydrogen (secondary N) is 2. The summed E-state index contributed by atoms with van der Waals surface area (Å²) in [4.78, 5) is 17.6. The molecule has 2 aliphatic rings. The first-order valence-electron chi connectivity index (χ1n) is 15.4. The molecule has 2 aliphatic heterocycles. The summed E-state index contributed by atoms with van der Waals surface area (Å²) >= 11 is 0. The molecular weight excluding hydrogens is 565 g/mol. The number of H-pyrrole nitrogens is 2. The Hall–Kier alpha value is -5.18. The Morgan fingerprint density at radius 3 is 1.67 bits per heavy atom. The second kappa shape index (κ2) is 11.1. The van der Waals surface area contributed by atoms with E-state index >= 15 is 0 Å². The van der Waals surface area contributed by atoms with E-state index in [2.05, 4.69) is 159 Å². The Bertz CT molecular complexity index is 2250. The molecule has 2 aromatic carbocycles. The lowest BCUT2D eigenvalue weighted by Crippen LogP contribution is -2.16. The van der Waals surface area contributed by atoms with Crippen molar-refractivity contribution in [2.24, 2.45) is 0 Å². The van der Waals surface area contributed by atoms with Gasteiger partial charge in [-0.15, -0.1) is 5.54 Å². The number of nitrogens with zero attached hydrogens (tertiary/aromatic N) is 2. The average molecular weight is 601 g/mol. The van der Waals surface area contributed by atoms with Crippen LogP contribution in [0.15, 0.2) is 72.8 Å². The lowest BCUT2D eigenvalue weighted by molar-refractivity contribution is 1.28. The molecule has 0 aliphatic carbocycles. The SMILES string of the molecule is Cc1cc(C)c(-c2c3nc(cc4ccc([nH]4)c(-c4ccc(C#C[Si](C)(C)C)cc4)c4nc(cc5ccc2[nH]5)C=C4)C=C3)c(C)c1. The minimum Gasteiger partial charge on any atom is -0.355 e. The summed E-state index contributed by atoms with van der Waals surface area (Å²) in [7, 11) is -1.46. The molecule has 0 saturated heterocycles. The fourth-order valence-electron chi connectivity index (χ4n) is 6.19. The third kappa shape index (κ3) is 5.85. The highest BCUT2D eigenvalue weighted by Crippen LogP contribution is 2.36. The van der Waals surface area contributed by atoms with Crippen molar-refractivity contribution in [3.8, 4) is 33.7 Å². The monoisotopic (exact) mass is 600 g/mol. The van der Waals surface area contributed by atoms with Crippen molar-refractivity contribution in [2.45, 2.75) is 40.4 Å². The number of hydrogen-bond donors (Lipinski definition) is 2. The first kappa shape index (κ1) is 28.6. The second-order valence-electron chi connectivity index (χ2n) is 13.1. The molecule has 0 spiro atoms. The van der Waals surface area contributed by atoms with Crippen molar-refractivity contribution in [1.29, 1.82) is 0 Å². The third-order valence-electron chi connectivity index (χ3n) is 8.08. The molecule has 0 unspecified atom stereocenters. The Morgan fingerprint density at radius 2 is 1.11 bits per heavy atom. The summed E-state index contributed by atoms with van der Waals surface area (Å²) in [6, 6.07) is 25.8. The number of benzene rings is 2. The Kier molecular flexibility index (Phi) is 7.03. The highest BCUT2D eigenvalue weighted by molar-refractivity contribution is 6.83. The van der Waals surface area contributed by atoms with Crippen LogP contribution in [0.25, 0.3) is 68.6 Å². The molecule has 5 aromatic rings. The standard InChI is InChI=1S/C40H36N4Si/c1-25-21-26(2)38(27(3)22-25)40-36-17-13-32(43-36)23-30-11-15-34(41-30)39(29-9-7-28(8-10-29)19-20-45(4,5)6)35-16-12-31(42-35)24-33-14-18-37(40)44-33/h7-18,21-24,41,44H,1-6H3. The molecule has 5 heteroatoms. The van der Waals surface area contributed by atoms with E-state index in [4.69, 9.17) is 9.97 Å². The molecule has 4 nitrogen and oxygen atoms in total. The van der Waals surface area contributed by atoms with Crippen molar-refractivity contribution in [1.82, 2.24) is 19.9 Å². The van der Waals surface area contributed by atoms with Crippen LogP contribution < -0.4 is 0 Å². The first-order chi connectivity index (χ1) is 21.6. The van der Waals surface area contributed by atoms with Crippen LogP contribution in [0.4, 0.5) is 0 Å². The van der Waals surface area contributed by atoms with Gasteiger partial charge in [0.15, 0.2) is 0 Å². The molecule has 8 bridgehead atoms. The first-order valence-corrected chi connectivity index (χ1v) is 18.9. The zero-order valence-electron chi connectivity index (χ0n) is 26.6. The molecule has 45 heavy (non-hydrogen) atoms. The molecule has 0 saturated carbocycles.